The third kappa shape index (κ3) is 1.40. The number of hydrogen-bond donors (Lipinski definition) is 2. The fourth-order valence-corrected chi connectivity index (χ4v) is 3.14. The molecule has 2 aliphatic heterocycles. The third-order valence-corrected chi connectivity index (χ3v) is 4.26. The SMILES string of the molecule is COC(=O)C1(C(=O)OC)CC[C@H]2N1C(=O)[C@@]2(O)[C@H](C)O. The molecule has 0 spiro atoms. The summed E-state index contributed by atoms with van der Waals surface area (Å²) in [4.78, 5) is 37.1. The number of fused-ring (bicyclic) bond motifs is 1. The molecule has 0 unspecified atom stereocenters. The molecule has 0 aromatic carbocycles. The van der Waals surface area contributed by atoms with Crippen molar-refractivity contribution in [3.05, 3.63) is 0 Å². The van der Waals surface area contributed by atoms with Crippen molar-refractivity contribution in [2.45, 2.75) is 43.1 Å². The summed E-state index contributed by atoms with van der Waals surface area (Å²) < 4.78 is 9.22. The van der Waals surface area contributed by atoms with Gasteiger partial charge in [0.1, 0.15) is 0 Å². The van der Waals surface area contributed by atoms with Crippen LogP contribution in [0.4, 0.5) is 0 Å². The van der Waals surface area contributed by atoms with E-state index in [0.717, 1.165) is 19.1 Å². The second kappa shape index (κ2) is 4.42. The standard InChI is InChI=1S/C12H17NO7/c1-6(14)12(18)7-4-5-11(9(16)19-2,10(17)20-3)13(7)8(12)15/h6-7,14,18H,4-5H2,1-3H3/t6-,7+,12+/m0/s1. The Balaban J connectivity index is 2.44. The van der Waals surface area contributed by atoms with Crippen molar-refractivity contribution in [3.63, 3.8) is 0 Å². The number of β-lactam (4-membered cyclic amide) rings is 1. The Morgan fingerprint density at radius 1 is 1.35 bits per heavy atom. The highest BCUT2D eigenvalue weighted by Gasteiger charge is 2.75. The summed E-state index contributed by atoms with van der Waals surface area (Å²) in [6, 6.07) is -0.812. The first-order valence-corrected chi connectivity index (χ1v) is 6.19. The quantitative estimate of drug-likeness (QED) is 0.357. The van der Waals surface area contributed by atoms with Gasteiger partial charge in [-0.05, 0) is 19.8 Å². The number of amides is 1. The van der Waals surface area contributed by atoms with E-state index in [4.69, 9.17) is 0 Å². The van der Waals surface area contributed by atoms with Crippen molar-refractivity contribution < 1.29 is 34.1 Å². The van der Waals surface area contributed by atoms with Gasteiger partial charge < -0.3 is 24.6 Å². The number of nitrogens with zero attached hydrogens (tertiary/aromatic N) is 1. The van der Waals surface area contributed by atoms with Gasteiger partial charge in [0.25, 0.3) is 5.91 Å². The first kappa shape index (κ1) is 14.7. The van der Waals surface area contributed by atoms with Crippen molar-refractivity contribution in [1.82, 2.24) is 4.90 Å². The van der Waals surface area contributed by atoms with Gasteiger partial charge >= 0.3 is 11.9 Å². The molecule has 8 nitrogen and oxygen atoms in total. The Kier molecular flexibility index (Phi) is 3.26. The number of hydrogen-bond acceptors (Lipinski definition) is 7. The molecule has 0 saturated carbocycles. The van der Waals surface area contributed by atoms with Crippen LogP contribution in [0.25, 0.3) is 0 Å². The van der Waals surface area contributed by atoms with E-state index >= 15 is 0 Å². The first-order valence-electron chi connectivity index (χ1n) is 6.19. The van der Waals surface area contributed by atoms with Crippen molar-refractivity contribution in [1.29, 1.82) is 0 Å². The van der Waals surface area contributed by atoms with E-state index in [1.165, 1.54) is 6.92 Å². The van der Waals surface area contributed by atoms with Gasteiger partial charge in [-0.2, -0.15) is 0 Å². The molecule has 0 aliphatic carbocycles. The van der Waals surface area contributed by atoms with Crippen LogP contribution in [0.15, 0.2) is 0 Å². The third-order valence-electron chi connectivity index (χ3n) is 4.26. The lowest BCUT2D eigenvalue weighted by Crippen LogP contribution is -2.81. The summed E-state index contributed by atoms with van der Waals surface area (Å²) in [5.41, 5.74) is -3.84. The number of aliphatic hydroxyl groups excluding tert-OH is 1. The summed E-state index contributed by atoms with van der Waals surface area (Å²) in [5, 5.41) is 19.8. The molecule has 112 valence electrons. The molecule has 2 fully saturated rings. The van der Waals surface area contributed by atoms with Crippen molar-refractivity contribution in [2.24, 2.45) is 0 Å². The van der Waals surface area contributed by atoms with Gasteiger partial charge in [0, 0.05) is 0 Å². The van der Waals surface area contributed by atoms with E-state index in [0.29, 0.717) is 0 Å². The van der Waals surface area contributed by atoms with Gasteiger partial charge in [-0.25, -0.2) is 9.59 Å². The van der Waals surface area contributed by atoms with Crippen molar-refractivity contribution >= 4 is 17.8 Å². The van der Waals surface area contributed by atoms with E-state index in [9.17, 15) is 24.6 Å². The van der Waals surface area contributed by atoms with Crippen LogP contribution in [0.2, 0.25) is 0 Å². The van der Waals surface area contributed by atoms with Gasteiger partial charge in [0.2, 0.25) is 5.54 Å². The van der Waals surface area contributed by atoms with Crippen molar-refractivity contribution in [2.75, 3.05) is 14.2 Å². The van der Waals surface area contributed by atoms with Crippen LogP contribution in [-0.2, 0) is 23.9 Å². The maximum atomic E-state index is 12.2. The fraction of sp³-hybridized carbons (Fsp3) is 0.750. The number of carbonyl (C=O) groups excluding carboxylic acids is 3. The van der Waals surface area contributed by atoms with Gasteiger partial charge in [-0.15, -0.1) is 0 Å². The van der Waals surface area contributed by atoms with Crippen LogP contribution in [-0.4, -0.2) is 70.5 Å². The highest BCUT2D eigenvalue weighted by Crippen LogP contribution is 2.50. The number of rotatable bonds is 3. The Morgan fingerprint density at radius 3 is 2.25 bits per heavy atom. The molecule has 0 aromatic rings. The van der Waals surface area contributed by atoms with Crippen LogP contribution in [0.3, 0.4) is 0 Å². The van der Waals surface area contributed by atoms with E-state index < -0.39 is 41.1 Å². The number of esters is 2. The second-order valence-corrected chi connectivity index (χ2v) is 5.07. The highest BCUT2D eigenvalue weighted by atomic mass is 16.5. The van der Waals surface area contributed by atoms with Crippen LogP contribution in [0, 0.1) is 0 Å². The maximum Gasteiger partial charge on any atom is 0.343 e. The zero-order valence-corrected chi connectivity index (χ0v) is 11.5. The van der Waals surface area contributed by atoms with Gasteiger partial charge in [-0.1, -0.05) is 0 Å². The fourth-order valence-electron chi connectivity index (χ4n) is 3.14. The minimum absolute atomic E-state index is 0.0161. The molecule has 0 aromatic heterocycles. The molecule has 3 atom stereocenters. The zero-order chi connectivity index (χ0) is 15.3. The summed E-state index contributed by atoms with van der Waals surface area (Å²) in [6.45, 7) is 1.28. The topological polar surface area (TPSA) is 113 Å². The first-order chi connectivity index (χ1) is 9.28. The van der Waals surface area contributed by atoms with Gasteiger partial charge in [0.15, 0.2) is 5.60 Å². The van der Waals surface area contributed by atoms with Crippen LogP contribution in [0.1, 0.15) is 19.8 Å². The minimum atomic E-state index is -1.97. The Bertz CT molecular complexity index is 458. The normalized spacial score (nSPS) is 32.1. The Labute approximate surface area is 115 Å². The molecule has 2 saturated heterocycles. The van der Waals surface area contributed by atoms with E-state index in [1.807, 2.05) is 0 Å². The zero-order valence-electron chi connectivity index (χ0n) is 11.5. The highest BCUT2D eigenvalue weighted by molar-refractivity contribution is 6.11. The molecule has 2 aliphatic rings. The number of aliphatic hydroxyl groups is 2. The predicted octanol–water partition coefficient (Wildman–Crippen LogP) is -1.81. The average Bonchev–Trinajstić information content (AvgIpc) is 2.82. The largest absolute Gasteiger partial charge is 0.467 e. The molecule has 2 N–H and O–H groups in total. The van der Waals surface area contributed by atoms with Crippen molar-refractivity contribution in [3.8, 4) is 0 Å². The lowest BCUT2D eigenvalue weighted by Gasteiger charge is -2.54. The predicted molar refractivity (Wildman–Crippen MR) is 63.3 cm³/mol. The van der Waals surface area contributed by atoms with Gasteiger partial charge in [0.05, 0.1) is 26.4 Å². The molecule has 20 heavy (non-hydrogen) atoms. The summed E-state index contributed by atoms with van der Waals surface area (Å²) in [5.74, 6) is -2.69. The van der Waals surface area contributed by atoms with Gasteiger partial charge in [-0.3, -0.25) is 4.79 Å². The van der Waals surface area contributed by atoms with E-state index in [2.05, 4.69) is 9.47 Å². The van der Waals surface area contributed by atoms with Crippen LogP contribution >= 0.6 is 0 Å². The number of methoxy groups -OCH3 is 2. The molecule has 8 heteroatoms. The molecule has 2 heterocycles. The lowest BCUT2D eigenvalue weighted by molar-refractivity contribution is -0.222. The molecule has 0 bridgehead atoms. The molecular formula is C12H17NO7. The number of ether oxygens (including phenoxy) is 2. The van der Waals surface area contributed by atoms with E-state index in [1.54, 1.807) is 0 Å². The van der Waals surface area contributed by atoms with Crippen LogP contribution < -0.4 is 0 Å². The molecule has 1 amide bonds. The summed E-state index contributed by atoms with van der Waals surface area (Å²) in [7, 11) is 2.21. The van der Waals surface area contributed by atoms with Crippen LogP contribution in [0.5, 0.6) is 0 Å². The Hall–Kier alpha value is -1.67. The molecule has 2 rings (SSSR count). The molecular weight excluding hydrogens is 270 g/mol. The van der Waals surface area contributed by atoms with E-state index in [-0.39, 0.29) is 12.8 Å². The lowest BCUT2D eigenvalue weighted by atomic mass is 9.78. The smallest absolute Gasteiger partial charge is 0.343 e. The maximum absolute atomic E-state index is 12.2. The Morgan fingerprint density at radius 2 is 1.85 bits per heavy atom. The monoisotopic (exact) mass is 287 g/mol. The summed E-state index contributed by atoms with van der Waals surface area (Å²) in [6.07, 6.45) is -1.13. The molecule has 0 radical (unpaired) electrons. The average molecular weight is 287 g/mol. The second-order valence-electron chi connectivity index (χ2n) is 5.07. The minimum Gasteiger partial charge on any atom is -0.467 e. The number of carbonyl (C=O) groups is 3. The summed E-state index contributed by atoms with van der Waals surface area (Å²) >= 11 is 0.